The molecule has 3 rings (SSSR count). The number of carbonyl (C=O) groups excluding carboxylic acids is 2. The highest BCUT2D eigenvalue weighted by Gasteiger charge is 2.21. The van der Waals surface area contributed by atoms with Gasteiger partial charge in [0.05, 0.1) is 28.9 Å². The molecule has 27 heavy (non-hydrogen) atoms. The smallest absolute Gasteiger partial charge is 0.260 e. The molecule has 1 atom stereocenters. The average molecular weight is 384 g/mol. The van der Waals surface area contributed by atoms with Crippen molar-refractivity contribution in [3.8, 4) is 11.5 Å². The molecule has 0 saturated carbocycles. The Kier molecular flexibility index (Phi) is 5.71. The second-order valence-electron chi connectivity index (χ2n) is 6.01. The number of aromatic nitrogens is 1. The van der Waals surface area contributed by atoms with Crippen LogP contribution in [-0.4, -0.2) is 42.8 Å². The second-order valence-corrected chi connectivity index (χ2v) is 7.07. The van der Waals surface area contributed by atoms with Crippen molar-refractivity contribution in [2.24, 2.45) is 0 Å². The van der Waals surface area contributed by atoms with E-state index in [0.29, 0.717) is 23.3 Å². The molecule has 1 aromatic heterocycles. The number of likely N-dealkylation sites (N-methyl/N-ethyl adjacent to an activating group) is 1. The summed E-state index contributed by atoms with van der Waals surface area (Å²) in [4.78, 5) is 30.0. The van der Waals surface area contributed by atoms with Crippen molar-refractivity contribution in [3.63, 3.8) is 0 Å². The zero-order valence-corrected chi connectivity index (χ0v) is 16.2. The van der Waals surface area contributed by atoms with Gasteiger partial charge in [-0.2, -0.15) is 0 Å². The number of hydrogen-bond acceptors (Lipinski definition) is 6. The molecule has 140 valence electrons. The van der Waals surface area contributed by atoms with Crippen LogP contribution in [0.3, 0.4) is 0 Å². The van der Waals surface area contributed by atoms with Gasteiger partial charge in [-0.05, 0) is 37.3 Å². The SMILES string of the molecule is COc1ccc(OCC(=O)N(C)[C@H](C)c2nc3ccccc3s2)c(C=O)c1. The molecule has 0 spiro atoms. The van der Waals surface area contributed by atoms with Gasteiger partial charge in [0.25, 0.3) is 5.91 Å². The Balaban J connectivity index is 1.67. The quantitative estimate of drug-likeness (QED) is 0.581. The van der Waals surface area contributed by atoms with Gasteiger partial charge in [0.2, 0.25) is 0 Å². The van der Waals surface area contributed by atoms with Gasteiger partial charge in [0, 0.05) is 7.05 Å². The maximum Gasteiger partial charge on any atom is 0.260 e. The number of fused-ring (bicyclic) bond motifs is 1. The summed E-state index contributed by atoms with van der Waals surface area (Å²) in [7, 11) is 3.24. The van der Waals surface area contributed by atoms with Crippen molar-refractivity contribution in [1.29, 1.82) is 0 Å². The molecule has 0 unspecified atom stereocenters. The third-order valence-electron chi connectivity index (χ3n) is 4.34. The molecule has 0 radical (unpaired) electrons. The minimum Gasteiger partial charge on any atom is -0.497 e. The predicted molar refractivity (Wildman–Crippen MR) is 105 cm³/mol. The summed E-state index contributed by atoms with van der Waals surface area (Å²) >= 11 is 1.57. The summed E-state index contributed by atoms with van der Waals surface area (Å²) in [6.45, 7) is 1.76. The first kappa shape index (κ1) is 18.8. The van der Waals surface area contributed by atoms with E-state index in [9.17, 15) is 9.59 Å². The van der Waals surface area contributed by atoms with Crippen molar-refractivity contribution in [2.45, 2.75) is 13.0 Å². The minimum absolute atomic E-state index is 0.168. The normalized spacial score (nSPS) is 11.8. The van der Waals surface area contributed by atoms with Gasteiger partial charge in [-0.1, -0.05) is 12.1 Å². The highest BCUT2D eigenvalue weighted by molar-refractivity contribution is 7.18. The van der Waals surface area contributed by atoms with Crippen LogP contribution in [0.4, 0.5) is 0 Å². The molecule has 0 saturated heterocycles. The number of aldehydes is 1. The maximum absolute atomic E-state index is 12.5. The largest absolute Gasteiger partial charge is 0.497 e. The van der Waals surface area contributed by atoms with E-state index in [1.54, 1.807) is 41.5 Å². The topological polar surface area (TPSA) is 68.7 Å². The molecule has 7 heteroatoms. The highest BCUT2D eigenvalue weighted by Crippen LogP contribution is 2.29. The molecule has 0 aliphatic carbocycles. The summed E-state index contributed by atoms with van der Waals surface area (Å²) in [6, 6.07) is 12.6. The fraction of sp³-hybridized carbons (Fsp3) is 0.250. The molecule has 0 N–H and O–H groups in total. The maximum atomic E-state index is 12.5. The van der Waals surface area contributed by atoms with Gasteiger partial charge in [-0.15, -0.1) is 11.3 Å². The number of rotatable bonds is 7. The lowest BCUT2D eigenvalue weighted by Crippen LogP contribution is -2.33. The first-order valence-corrected chi connectivity index (χ1v) is 9.22. The number of nitrogens with zero attached hydrogens (tertiary/aromatic N) is 2. The number of hydrogen-bond donors (Lipinski definition) is 0. The zero-order valence-electron chi connectivity index (χ0n) is 15.3. The lowest BCUT2D eigenvalue weighted by Gasteiger charge is -2.23. The number of thiazole rings is 1. The fourth-order valence-corrected chi connectivity index (χ4v) is 3.63. The van der Waals surface area contributed by atoms with Gasteiger partial charge in [0.1, 0.15) is 16.5 Å². The molecule has 3 aromatic rings. The fourth-order valence-electron chi connectivity index (χ4n) is 2.57. The van der Waals surface area contributed by atoms with Crippen LogP contribution in [0.5, 0.6) is 11.5 Å². The lowest BCUT2D eigenvalue weighted by atomic mass is 10.2. The molecule has 0 aliphatic rings. The monoisotopic (exact) mass is 384 g/mol. The van der Waals surface area contributed by atoms with Crippen molar-refractivity contribution in [1.82, 2.24) is 9.88 Å². The molecule has 0 bridgehead atoms. The van der Waals surface area contributed by atoms with Crippen LogP contribution < -0.4 is 9.47 Å². The molecule has 1 heterocycles. The minimum atomic E-state index is -0.200. The standard InChI is InChI=1S/C20H20N2O4S/c1-13(20-21-16-6-4-5-7-18(16)27-20)22(2)19(24)12-26-17-9-8-15(25-3)10-14(17)11-23/h4-11,13H,12H2,1-3H3/t13-/m1/s1. The van der Waals surface area contributed by atoms with Gasteiger partial charge >= 0.3 is 0 Å². The molecule has 0 fully saturated rings. The molecule has 1 amide bonds. The lowest BCUT2D eigenvalue weighted by molar-refractivity contribution is -0.134. The van der Waals surface area contributed by atoms with Crippen LogP contribution in [0.2, 0.25) is 0 Å². The van der Waals surface area contributed by atoms with Gasteiger partial charge in [-0.3, -0.25) is 9.59 Å². The molecule has 0 aliphatic heterocycles. The first-order valence-electron chi connectivity index (χ1n) is 8.40. The van der Waals surface area contributed by atoms with E-state index < -0.39 is 0 Å². The number of methoxy groups -OCH3 is 1. The van der Waals surface area contributed by atoms with Crippen LogP contribution in [0.25, 0.3) is 10.2 Å². The van der Waals surface area contributed by atoms with Gasteiger partial charge < -0.3 is 14.4 Å². The summed E-state index contributed by atoms with van der Waals surface area (Å²) in [5.41, 5.74) is 1.26. The number of ether oxygens (including phenoxy) is 2. The molecule has 6 nitrogen and oxygen atoms in total. The van der Waals surface area contributed by atoms with E-state index in [-0.39, 0.29) is 18.6 Å². The summed E-state index contributed by atoms with van der Waals surface area (Å²) in [5.74, 6) is 0.701. The Labute approximate surface area is 161 Å². The van der Waals surface area contributed by atoms with Crippen molar-refractivity contribution < 1.29 is 19.1 Å². The van der Waals surface area contributed by atoms with E-state index in [1.165, 1.54) is 7.11 Å². The Morgan fingerprint density at radius 1 is 1.30 bits per heavy atom. The van der Waals surface area contributed by atoms with E-state index in [0.717, 1.165) is 15.2 Å². The van der Waals surface area contributed by atoms with Crippen LogP contribution in [0.1, 0.15) is 28.3 Å². The summed E-state index contributed by atoms with van der Waals surface area (Å²) < 4.78 is 11.7. The van der Waals surface area contributed by atoms with Crippen molar-refractivity contribution in [2.75, 3.05) is 20.8 Å². The third kappa shape index (κ3) is 4.09. The summed E-state index contributed by atoms with van der Waals surface area (Å²) in [6.07, 6.45) is 0.676. The van der Waals surface area contributed by atoms with Crippen LogP contribution >= 0.6 is 11.3 Å². The van der Waals surface area contributed by atoms with E-state index in [4.69, 9.17) is 9.47 Å². The molecule has 2 aromatic carbocycles. The zero-order chi connectivity index (χ0) is 19.4. The number of carbonyl (C=O) groups is 2. The van der Waals surface area contributed by atoms with Crippen LogP contribution in [0, 0.1) is 0 Å². The van der Waals surface area contributed by atoms with Crippen LogP contribution in [-0.2, 0) is 4.79 Å². The Bertz CT molecular complexity index is 937. The number of para-hydroxylation sites is 1. The second kappa shape index (κ2) is 8.18. The molecular formula is C20H20N2O4S. The van der Waals surface area contributed by atoms with Crippen molar-refractivity contribution in [3.05, 3.63) is 53.0 Å². The Morgan fingerprint density at radius 3 is 2.78 bits per heavy atom. The van der Waals surface area contributed by atoms with Gasteiger partial charge in [0.15, 0.2) is 12.9 Å². The predicted octanol–water partition coefficient (Wildman–Crippen LogP) is 3.72. The molecular weight excluding hydrogens is 364 g/mol. The highest BCUT2D eigenvalue weighted by atomic mass is 32.1. The van der Waals surface area contributed by atoms with Crippen molar-refractivity contribution >= 4 is 33.7 Å². The van der Waals surface area contributed by atoms with E-state index >= 15 is 0 Å². The number of amides is 1. The third-order valence-corrected chi connectivity index (χ3v) is 5.54. The summed E-state index contributed by atoms with van der Waals surface area (Å²) in [5, 5.41) is 0.866. The van der Waals surface area contributed by atoms with Gasteiger partial charge in [-0.25, -0.2) is 4.98 Å². The first-order chi connectivity index (χ1) is 13.0. The van der Waals surface area contributed by atoms with E-state index in [1.807, 2.05) is 31.2 Å². The van der Waals surface area contributed by atoms with Crippen LogP contribution in [0.15, 0.2) is 42.5 Å². The number of benzene rings is 2. The average Bonchev–Trinajstić information content (AvgIpc) is 3.14. The van der Waals surface area contributed by atoms with E-state index in [2.05, 4.69) is 4.98 Å². The Hall–Kier alpha value is -2.93. The Morgan fingerprint density at radius 2 is 2.07 bits per heavy atom.